The molecule has 1 spiro atoms. The minimum absolute atomic E-state index is 0.0202. The minimum atomic E-state index is -2.40. The van der Waals surface area contributed by atoms with E-state index in [0.29, 0.717) is 0 Å². The molecule has 2 saturated carbocycles. The van der Waals surface area contributed by atoms with Crippen molar-refractivity contribution in [2.24, 2.45) is 28.1 Å². The number of fused-ring (bicyclic) bond motifs is 4. The van der Waals surface area contributed by atoms with E-state index >= 15 is 4.79 Å². The number of alkyl carbamates (subject to hydrolysis) is 1. The molecule has 4 fully saturated rings. The molecule has 2 saturated heterocycles. The maximum Gasteiger partial charge on any atom is 0.509 e. The zero-order valence-electron chi connectivity index (χ0n) is 37.7. The minimum Gasteiger partial charge on any atom is -0.456 e. The molecule has 2 heterocycles. The van der Waals surface area contributed by atoms with Gasteiger partial charge in [0.05, 0.1) is 35.1 Å². The summed E-state index contributed by atoms with van der Waals surface area (Å²) < 4.78 is 48.5. The Labute approximate surface area is 365 Å². The van der Waals surface area contributed by atoms with Crippen molar-refractivity contribution in [2.45, 2.75) is 155 Å². The third-order valence-electron chi connectivity index (χ3n) is 13.8. The molecular formula is C45H59NO17. The maximum absolute atomic E-state index is 15.8. The topological polar surface area (TPSA) is 246 Å². The Balaban J connectivity index is 1.64. The molecule has 3 aliphatic carbocycles. The highest BCUT2D eigenvalue weighted by atomic mass is 16.8. The quantitative estimate of drug-likeness (QED) is 0.220. The summed E-state index contributed by atoms with van der Waals surface area (Å²) in [5.41, 5.74) is -11.4. The number of allylic oxidation sites excluding steroid dienone is 1. The number of nitrogens with one attached hydrogen (secondary N) is 1. The Morgan fingerprint density at radius 1 is 0.968 bits per heavy atom. The first-order valence-electron chi connectivity index (χ1n) is 21.1. The van der Waals surface area contributed by atoms with Gasteiger partial charge >= 0.3 is 36.1 Å². The van der Waals surface area contributed by atoms with Gasteiger partial charge in [-0.25, -0.2) is 19.2 Å². The van der Waals surface area contributed by atoms with Gasteiger partial charge in [-0.2, -0.15) is 0 Å². The highest BCUT2D eigenvalue weighted by Crippen LogP contribution is 2.72. The molecule has 1 aromatic carbocycles. The van der Waals surface area contributed by atoms with Crippen molar-refractivity contribution in [1.29, 1.82) is 0 Å². The molecule has 18 nitrogen and oxygen atoms in total. The number of hydrogen-bond donors (Lipinski definition) is 3. The predicted molar refractivity (Wildman–Crippen MR) is 216 cm³/mol. The van der Waals surface area contributed by atoms with Crippen LogP contribution in [0.25, 0.3) is 0 Å². The summed E-state index contributed by atoms with van der Waals surface area (Å²) in [6, 6.07) is 6.47. The van der Waals surface area contributed by atoms with Crippen LogP contribution in [0.4, 0.5) is 9.59 Å². The third kappa shape index (κ3) is 7.34. The summed E-state index contributed by atoms with van der Waals surface area (Å²) in [6.07, 6.45) is -12.7. The second-order valence-electron chi connectivity index (χ2n) is 19.6. The van der Waals surface area contributed by atoms with Gasteiger partial charge in [-0.05, 0) is 57.7 Å². The van der Waals surface area contributed by atoms with E-state index in [2.05, 4.69) is 5.32 Å². The molecule has 0 radical (unpaired) electrons. The van der Waals surface area contributed by atoms with Crippen LogP contribution in [0, 0.1) is 28.1 Å². The molecule has 3 N–H and O–H groups in total. The summed E-state index contributed by atoms with van der Waals surface area (Å²) in [5, 5.41) is 26.5. The van der Waals surface area contributed by atoms with Gasteiger partial charge < -0.3 is 53.4 Å². The third-order valence-corrected chi connectivity index (χ3v) is 13.8. The molecular weight excluding hydrogens is 826 g/mol. The van der Waals surface area contributed by atoms with Crippen molar-refractivity contribution < 1.29 is 81.7 Å². The lowest BCUT2D eigenvalue weighted by Gasteiger charge is -2.71. The van der Waals surface area contributed by atoms with E-state index in [-0.39, 0.29) is 36.5 Å². The summed E-state index contributed by atoms with van der Waals surface area (Å²) in [7, 11) is 0. The van der Waals surface area contributed by atoms with Gasteiger partial charge in [0.25, 0.3) is 0 Å². The number of aliphatic hydroxyl groups excluding tert-OH is 2. The Morgan fingerprint density at radius 2 is 1.60 bits per heavy atom. The second-order valence-corrected chi connectivity index (χ2v) is 19.6. The number of Topliss-reactive ketones (excluding diaryl/α,β-unsaturated/α-hetero) is 1. The zero-order valence-corrected chi connectivity index (χ0v) is 37.7. The van der Waals surface area contributed by atoms with Crippen molar-refractivity contribution >= 4 is 41.9 Å². The standard InChI is InChI=1S/C45H59NO17/c1-21(2)18-26(46-38(54)62-40(6,7)8)30(50)36(53)58-31-22(3)29-32(57-23(4)47)33(51)42(11)27(49)19-28-44(20-56-28,61-24(5)48)43(42,12)37(60-35(52)25-16-14-13-15-17-25)45(41(29,9)10)34(31)59-39(55)63-45/h13-17,21-22,26-28,30-31,34,37,49-50H,18-20H2,1-12H3,(H,46,54)/b32-29+/t22?,26-,27-,28+,30+,31+,34-,37-,42-,43?,44-,45+/m0/s1. The summed E-state index contributed by atoms with van der Waals surface area (Å²) in [4.78, 5) is 98.0. The first kappa shape index (κ1) is 47.4. The lowest BCUT2D eigenvalue weighted by Crippen LogP contribution is -2.87. The zero-order chi connectivity index (χ0) is 47.0. The largest absolute Gasteiger partial charge is 0.509 e. The fourth-order valence-electron chi connectivity index (χ4n) is 10.8. The number of aliphatic hydroxyl groups is 2. The molecule has 0 aromatic heterocycles. The summed E-state index contributed by atoms with van der Waals surface area (Å²) in [5.74, 6) is -7.03. The van der Waals surface area contributed by atoms with Crippen LogP contribution in [0.3, 0.4) is 0 Å². The molecule has 63 heavy (non-hydrogen) atoms. The Kier molecular flexibility index (Phi) is 12.2. The molecule has 2 aliphatic heterocycles. The van der Waals surface area contributed by atoms with E-state index in [0.717, 1.165) is 13.8 Å². The van der Waals surface area contributed by atoms with Crippen LogP contribution in [-0.2, 0) is 57.1 Å². The molecule has 12 atom stereocenters. The SMILES string of the molecule is CC(=O)O/C1=C2\C(C)[C@@H](OC(=O)[C@H](O)[C@H](CC(C)C)NC(=O)OC(C)(C)C)[C@@H]3OC(=O)O[C@]3([C@@H](OC(=O)c3ccccc3)C3(C)[C@]4(OC(C)=O)CO[C@@H]4C[C@H](O)[C@@]3(C)C1=O)C2(C)C. The average molecular weight is 886 g/mol. The van der Waals surface area contributed by atoms with Crippen molar-refractivity contribution in [3.05, 3.63) is 47.2 Å². The fraction of sp³-hybridized carbons (Fsp3) is 0.667. The van der Waals surface area contributed by atoms with Gasteiger partial charge in [0.15, 0.2) is 29.7 Å². The number of rotatable bonds is 10. The average Bonchev–Trinajstić information content (AvgIpc) is 3.53. The van der Waals surface area contributed by atoms with Crippen LogP contribution in [0.15, 0.2) is 41.7 Å². The number of ether oxygens (including phenoxy) is 8. The van der Waals surface area contributed by atoms with Crippen LogP contribution in [-0.4, -0.2) is 118 Å². The Morgan fingerprint density at radius 3 is 2.14 bits per heavy atom. The summed E-state index contributed by atoms with van der Waals surface area (Å²) in [6.45, 7) is 17.7. The van der Waals surface area contributed by atoms with Crippen LogP contribution < -0.4 is 5.32 Å². The van der Waals surface area contributed by atoms with E-state index in [1.807, 2.05) is 0 Å². The van der Waals surface area contributed by atoms with E-state index in [9.17, 15) is 39.0 Å². The fourth-order valence-corrected chi connectivity index (χ4v) is 10.8. The normalized spacial score (nSPS) is 36.2. The smallest absolute Gasteiger partial charge is 0.456 e. The van der Waals surface area contributed by atoms with E-state index in [1.54, 1.807) is 66.7 Å². The number of ketones is 1. The first-order valence-corrected chi connectivity index (χ1v) is 21.1. The van der Waals surface area contributed by atoms with Gasteiger partial charge in [0, 0.05) is 31.6 Å². The monoisotopic (exact) mass is 885 g/mol. The maximum atomic E-state index is 15.8. The van der Waals surface area contributed by atoms with Gasteiger partial charge in [0.2, 0.25) is 11.4 Å². The molecule has 18 heteroatoms. The van der Waals surface area contributed by atoms with Gasteiger partial charge in [-0.3, -0.25) is 14.4 Å². The molecule has 1 aromatic rings. The van der Waals surface area contributed by atoms with E-state index in [1.165, 1.54) is 32.9 Å². The number of benzene rings is 1. The lowest BCUT2D eigenvalue weighted by molar-refractivity contribution is -0.379. The number of carbonyl (C=O) groups excluding carboxylic acids is 7. The molecule has 2 unspecified atom stereocenters. The van der Waals surface area contributed by atoms with Crippen molar-refractivity contribution in [3.63, 3.8) is 0 Å². The molecule has 5 aliphatic rings. The molecule has 346 valence electrons. The Hall–Kier alpha value is -5.07. The van der Waals surface area contributed by atoms with Crippen molar-refractivity contribution in [3.8, 4) is 0 Å². The molecule has 2 bridgehead atoms. The van der Waals surface area contributed by atoms with Crippen molar-refractivity contribution in [1.82, 2.24) is 5.32 Å². The Bertz CT molecular complexity index is 2090. The molecule has 6 rings (SSSR count). The highest BCUT2D eigenvalue weighted by molar-refractivity contribution is 6.02. The second kappa shape index (κ2) is 16.2. The predicted octanol–water partition coefficient (Wildman–Crippen LogP) is 4.25. The van der Waals surface area contributed by atoms with E-state index < -0.39 is 129 Å². The highest BCUT2D eigenvalue weighted by Gasteiger charge is 2.87. The van der Waals surface area contributed by atoms with Crippen LogP contribution in [0.5, 0.6) is 0 Å². The van der Waals surface area contributed by atoms with Crippen molar-refractivity contribution in [2.75, 3.05) is 6.61 Å². The number of esters is 4. The summed E-state index contributed by atoms with van der Waals surface area (Å²) >= 11 is 0. The van der Waals surface area contributed by atoms with Crippen LogP contribution >= 0.6 is 0 Å². The van der Waals surface area contributed by atoms with Crippen LogP contribution in [0.1, 0.15) is 106 Å². The van der Waals surface area contributed by atoms with Gasteiger partial charge in [0.1, 0.15) is 17.8 Å². The number of hydrogen-bond acceptors (Lipinski definition) is 17. The van der Waals surface area contributed by atoms with Crippen LogP contribution in [0.2, 0.25) is 0 Å². The lowest BCUT2D eigenvalue weighted by atomic mass is 9.38. The number of amides is 1. The van der Waals surface area contributed by atoms with E-state index in [4.69, 9.17) is 37.9 Å². The first-order chi connectivity index (χ1) is 29.1. The van der Waals surface area contributed by atoms with Gasteiger partial charge in [-0.1, -0.05) is 59.7 Å². The van der Waals surface area contributed by atoms with Gasteiger partial charge in [-0.15, -0.1) is 0 Å². The number of carbonyl (C=O) groups is 7. The molecule has 1 amide bonds.